The fraction of sp³-hybridized carbons (Fsp3) is 0.385. The molecule has 0 spiro atoms. The lowest BCUT2D eigenvalue weighted by atomic mass is 9.99. The van der Waals surface area contributed by atoms with Crippen molar-refractivity contribution < 1.29 is 23.8 Å². The summed E-state index contributed by atoms with van der Waals surface area (Å²) in [6.07, 6.45) is 0.467. The van der Waals surface area contributed by atoms with Crippen LogP contribution in [0.15, 0.2) is 12.1 Å². The summed E-state index contributed by atoms with van der Waals surface area (Å²) in [5.74, 6) is 1.19. The quantitative estimate of drug-likeness (QED) is 0.725. The van der Waals surface area contributed by atoms with E-state index in [4.69, 9.17) is 14.2 Å². The summed E-state index contributed by atoms with van der Waals surface area (Å²) in [5, 5.41) is -0.351. The van der Waals surface area contributed by atoms with E-state index < -0.39 is 0 Å². The van der Waals surface area contributed by atoms with Crippen LogP contribution < -0.4 is 9.47 Å². The summed E-state index contributed by atoms with van der Waals surface area (Å²) in [4.78, 5) is 23.8. The monoisotopic (exact) mass is 280 g/mol. The van der Waals surface area contributed by atoms with Gasteiger partial charge in [0.05, 0.1) is 12.9 Å². The summed E-state index contributed by atoms with van der Waals surface area (Å²) in [6, 6.07) is 3.50. The van der Waals surface area contributed by atoms with Crippen LogP contribution >= 0.6 is 11.8 Å². The average molecular weight is 280 g/mol. The first kappa shape index (κ1) is 12.3. The lowest BCUT2D eigenvalue weighted by molar-refractivity contribution is -0.139. The van der Waals surface area contributed by atoms with Crippen molar-refractivity contribution in [3.63, 3.8) is 0 Å². The van der Waals surface area contributed by atoms with Crippen LogP contribution in [-0.2, 0) is 16.0 Å². The molecule has 1 atom stereocenters. The third-order valence-electron chi connectivity index (χ3n) is 3.18. The van der Waals surface area contributed by atoms with Crippen LogP contribution in [0, 0.1) is 0 Å². The van der Waals surface area contributed by atoms with E-state index in [0.717, 1.165) is 5.56 Å². The molecule has 0 bridgehead atoms. The smallest absolute Gasteiger partial charge is 0.319 e. The van der Waals surface area contributed by atoms with E-state index in [9.17, 15) is 9.59 Å². The van der Waals surface area contributed by atoms with E-state index in [1.54, 1.807) is 12.1 Å². The van der Waals surface area contributed by atoms with Crippen molar-refractivity contribution in [2.45, 2.75) is 11.7 Å². The van der Waals surface area contributed by atoms with Gasteiger partial charge in [-0.3, -0.25) is 9.59 Å². The zero-order valence-corrected chi connectivity index (χ0v) is 11.1. The second kappa shape index (κ2) is 4.77. The standard InChI is InChI=1S/C13H12O5S/c1-16-13(15)12-3-7-2-10-11(18-6-17-10)4-8(7)9(14)5-19-12/h2,4,12H,3,5-6H2,1H3. The molecule has 1 aromatic rings. The number of fused-ring (bicyclic) bond motifs is 2. The van der Waals surface area contributed by atoms with Crippen molar-refractivity contribution in [2.75, 3.05) is 19.7 Å². The molecule has 5 nitrogen and oxygen atoms in total. The Balaban J connectivity index is 2.00. The molecule has 1 unspecified atom stereocenters. The van der Waals surface area contributed by atoms with Gasteiger partial charge in [0, 0.05) is 5.56 Å². The SMILES string of the molecule is COC(=O)C1Cc2cc3c(cc2C(=O)CS1)OCO3. The molecule has 0 N–H and O–H groups in total. The van der Waals surface area contributed by atoms with Gasteiger partial charge in [-0.25, -0.2) is 0 Å². The van der Waals surface area contributed by atoms with Crippen molar-refractivity contribution in [1.29, 1.82) is 0 Å². The minimum atomic E-state index is -0.351. The molecule has 2 aliphatic rings. The van der Waals surface area contributed by atoms with E-state index in [1.807, 2.05) is 0 Å². The number of carbonyl (C=O) groups excluding carboxylic acids is 2. The predicted octanol–water partition coefficient (Wildman–Crippen LogP) is 1.43. The first-order valence-corrected chi connectivity index (χ1v) is 6.89. The van der Waals surface area contributed by atoms with Crippen LogP contribution in [0.3, 0.4) is 0 Å². The molecule has 0 amide bonds. The summed E-state index contributed by atoms with van der Waals surface area (Å²) in [7, 11) is 1.36. The highest BCUT2D eigenvalue weighted by Gasteiger charge is 2.30. The number of ether oxygens (including phenoxy) is 3. The first-order valence-electron chi connectivity index (χ1n) is 5.84. The molecular weight excluding hydrogens is 268 g/mol. The van der Waals surface area contributed by atoms with E-state index in [2.05, 4.69) is 0 Å². The molecule has 0 aliphatic carbocycles. The average Bonchev–Trinajstić information content (AvgIpc) is 2.81. The van der Waals surface area contributed by atoms with Gasteiger partial charge in [0.2, 0.25) is 6.79 Å². The van der Waals surface area contributed by atoms with Gasteiger partial charge >= 0.3 is 5.97 Å². The van der Waals surface area contributed by atoms with Gasteiger partial charge in [0.1, 0.15) is 5.25 Å². The van der Waals surface area contributed by atoms with Gasteiger partial charge in [-0.15, -0.1) is 11.8 Å². The van der Waals surface area contributed by atoms with Gasteiger partial charge in [0.15, 0.2) is 17.3 Å². The number of hydrogen-bond donors (Lipinski definition) is 0. The molecule has 0 fully saturated rings. The number of ketones is 1. The third kappa shape index (κ3) is 2.16. The Morgan fingerprint density at radius 1 is 1.37 bits per heavy atom. The summed E-state index contributed by atoms with van der Waals surface area (Å²) >= 11 is 1.31. The van der Waals surface area contributed by atoms with Crippen molar-refractivity contribution in [3.05, 3.63) is 23.3 Å². The van der Waals surface area contributed by atoms with E-state index in [0.29, 0.717) is 23.5 Å². The molecule has 0 saturated heterocycles. The van der Waals surface area contributed by atoms with Gasteiger partial charge in [-0.1, -0.05) is 0 Å². The largest absolute Gasteiger partial charge is 0.468 e. The molecular formula is C13H12O5S. The van der Waals surface area contributed by atoms with Crippen LogP contribution in [0.4, 0.5) is 0 Å². The number of rotatable bonds is 1. The summed E-state index contributed by atoms with van der Waals surface area (Å²) in [6.45, 7) is 0.168. The van der Waals surface area contributed by atoms with Crippen LogP contribution in [0.5, 0.6) is 11.5 Å². The number of carbonyl (C=O) groups is 2. The normalized spacial score (nSPS) is 20.7. The molecule has 6 heteroatoms. The maximum absolute atomic E-state index is 12.1. The lowest BCUT2D eigenvalue weighted by Crippen LogP contribution is -2.21. The van der Waals surface area contributed by atoms with E-state index in [1.165, 1.54) is 18.9 Å². The number of esters is 1. The topological polar surface area (TPSA) is 61.8 Å². The van der Waals surface area contributed by atoms with Crippen molar-refractivity contribution in [1.82, 2.24) is 0 Å². The Morgan fingerprint density at radius 3 is 2.84 bits per heavy atom. The number of methoxy groups -OCH3 is 1. The fourth-order valence-electron chi connectivity index (χ4n) is 2.21. The molecule has 1 aromatic carbocycles. The second-order valence-corrected chi connectivity index (χ2v) is 5.50. The third-order valence-corrected chi connectivity index (χ3v) is 4.37. The maximum atomic E-state index is 12.1. The van der Waals surface area contributed by atoms with Crippen LogP contribution in [0.1, 0.15) is 15.9 Å². The van der Waals surface area contributed by atoms with Crippen molar-refractivity contribution in [2.24, 2.45) is 0 Å². The minimum absolute atomic E-state index is 0.00435. The van der Waals surface area contributed by atoms with Crippen LogP contribution in [0.2, 0.25) is 0 Å². The van der Waals surface area contributed by atoms with Gasteiger partial charge < -0.3 is 14.2 Å². The second-order valence-electron chi connectivity index (χ2n) is 4.31. The summed E-state index contributed by atoms with van der Waals surface area (Å²) < 4.78 is 15.3. The molecule has 100 valence electrons. The first-order chi connectivity index (χ1) is 9.19. The van der Waals surface area contributed by atoms with Crippen LogP contribution in [0.25, 0.3) is 0 Å². The molecule has 0 saturated carbocycles. The maximum Gasteiger partial charge on any atom is 0.319 e. The Labute approximate surface area is 114 Å². The zero-order chi connectivity index (χ0) is 13.4. The highest BCUT2D eigenvalue weighted by molar-refractivity contribution is 8.01. The number of thioether (sulfide) groups is 1. The highest BCUT2D eigenvalue weighted by Crippen LogP contribution is 2.37. The van der Waals surface area contributed by atoms with Gasteiger partial charge in [0.25, 0.3) is 0 Å². The lowest BCUT2D eigenvalue weighted by Gasteiger charge is -2.11. The molecule has 2 aliphatic heterocycles. The molecule has 19 heavy (non-hydrogen) atoms. The van der Waals surface area contributed by atoms with Crippen molar-refractivity contribution in [3.8, 4) is 11.5 Å². The van der Waals surface area contributed by atoms with Crippen LogP contribution in [-0.4, -0.2) is 36.7 Å². The number of Topliss-reactive ketones (excluding diaryl/α,β-unsaturated/α-hetero) is 1. The zero-order valence-electron chi connectivity index (χ0n) is 10.3. The Hall–Kier alpha value is -1.69. The number of hydrogen-bond acceptors (Lipinski definition) is 6. The van der Waals surface area contributed by atoms with Gasteiger partial charge in [-0.05, 0) is 24.1 Å². The van der Waals surface area contributed by atoms with E-state index >= 15 is 0 Å². The molecule has 0 aromatic heterocycles. The van der Waals surface area contributed by atoms with Crippen molar-refractivity contribution >= 4 is 23.5 Å². The Bertz CT molecular complexity index is 554. The molecule has 2 heterocycles. The fourth-order valence-corrected chi connectivity index (χ4v) is 3.25. The van der Waals surface area contributed by atoms with E-state index in [-0.39, 0.29) is 29.5 Å². The summed E-state index contributed by atoms with van der Waals surface area (Å²) in [5.41, 5.74) is 1.43. The molecule has 0 radical (unpaired) electrons. The Kier molecular flexibility index (Phi) is 3.10. The van der Waals surface area contributed by atoms with Gasteiger partial charge in [-0.2, -0.15) is 0 Å². The number of benzene rings is 1. The minimum Gasteiger partial charge on any atom is -0.468 e. The predicted molar refractivity (Wildman–Crippen MR) is 68.9 cm³/mol. The molecule has 3 rings (SSSR count). The highest BCUT2D eigenvalue weighted by atomic mass is 32.2. The Morgan fingerprint density at radius 2 is 2.11 bits per heavy atom.